The van der Waals surface area contributed by atoms with Gasteiger partial charge in [0, 0.05) is 31.2 Å². The lowest BCUT2D eigenvalue weighted by Crippen LogP contribution is -2.59. The molecule has 0 atom stereocenters. The Labute approximate surface area is 218 Å². The summed E-state index contributed by atoms with van der Waals surface area (Å²) in [4.78, 5) is 32.3. The molecule has 0 bridgehead atoms. The van der Waals surface area contributed by atoms with Gasteiger partial charge in [-0.2, -0.15) is 5.10 Å². The molecule has 0 unspecified atom stereocenters. The number of urea groups is 1. The first-order chi connectivity index (χ1) is 17.8. The summed E-state index contributed by atoms with van der Waals surface area (Å²) < 4.78 is 0. The van der Waals surface area contributed by atoms with E-state index in [1.165, 1.54) is 5.56 Å². The van der Waals surface area contributed by atoms with Crippen LogP contribution in [0.3, 0.4) is 0 Å². The van der Waals surface area contributed by atoms with Crippen LogP contribution >= 0.6 is 0 Å². The number of rotatable bonds is 8. The Hall–Kier alpha value is -3.04. The molecule has 1 saturated heterocycles. The first kappa shape index (κ1) is 25.6. The van der Waals surface area contributed by atoms with Crippen molar-refractivity contribution in [3.8, 4) is 0 Å². The Morgan fingerprint density at radius 3 is 2.38 bits per heavy atom. The molecule has 1 aromatic carbocycles. The summed E-state index contributed by atoms with van der Waals surface area (Å²) in [6, 6.07) is 14.0. The Kier molecular flexibility index (Phi) is 6.93. The van der Waals surface area contributed by atoms with Crippen molar-refractivity contribution in [3.63, 3.8) is 0 Å². The molecule has 9 heteroatoms. The fourth-order valence-electron chi connectivity index (χ4n) is 6.44. The zero-order valence-electron chi connectivity index (χ0n) is 21.9. The number of aliphatic hydroxyl groups is 1. The summed E-state index contributed by atoms with van der Waals surface area (Å²) in [5.41, 5.74) is 0.0923. The lowest BCUT2D eigenvalue weighted by Gasteiger charge is -2.52. The van der Waals surface area contributed by atoms with Crippen molar-refractivity contribution >= 4 is 17.8 Å². The Balaban J connectivity index is 1.32. The van der Waals surface area contributed by atoms with E-state index in [0.29, 0.717) is 25.5 Å². The lowest BCUT2D eigenvalue weighted by molar-refractivity contribution is -0.116. The summed E-state index contributed by atoms with van der Waals surface area (Å²) in [5, 5.41) is 21.5. The fourth-order valence-corrected chi connectivity index (χ4v) is 6.44. The number of amides is 3. The maximum atomic E-state index is 13.7. The second-order valence-corrected chi connectivity index (χ2v) is 11.3. The van der Waals surface area contributed by atoms with Gasteiger partial charge in [-0.3, -0.25) is 9.69 Å². The van der Waals surface area contributed by atoms with Gasteiger partial charge in [-0.25, -0.2) is 4.79 Å². The van der Waals surface area contributed by atoms with Crippen LogP contribution < -0.4 is 5.32 Å². The number of aromatic nitrogens is 2. The van der Waals surface area contributed by atoms with Gasteiger partial charge in [0.2, 0.25) is 5.91 Å². The highest BCUT2D eigenvalue weighted by atomic mass is 16.3. The lowest BCUT2D eigenvalue weighted by atomic mass is 9.67. The molecule has 1 aliphatic heterocycles. The molecule has 37 heavy (non-hydrogen) atoms. The summed E-state index contributed by atoms with van der Waals surface area (Å²) >= 11 is 0. The molecule has 2 saturated carbocycles. The van der Waals surface area contributed by atoms with E-state index in [1.54, 1.807) is 18.3 Å². The molecule has 2 heterocycles. The van der Waals surface area contributed by atoms with Gasteiger partial charge >= 0.3 is 6.03 Å². The average Bonchev–Trinajstić information content (AvgIpc) is 3.13. The Morgan fingerprint density at radius 2 is 1.78 bits per heavy atom. The van der Waals surface area contributed by atoms with Gasteiger partial charge in [-0.05, 0) is 76.7 Å². The molecular formula is C28H38N6O3. The molecule has 1 aromatic heterocycles. The molecule has 3 fully saturated rings. The summed E-state index contributed by atoms with van der Waals surface area (Å²) in [5.74, 6) is 0.205. The topological polar surface area (TPSA) is 102 Å². The van der Waals surface area contributed by atoms with Crippen molar-refractivity contribution in [3.05, 3.63) is 54.2 Å². The monoisotopic (exact) mass is 506 g/mol. The van der Waals surface area contributed by atoms with Crippen LogP contribution in [0.2, 0.25) is 0 Å². The van der Waals surface area contributed by atoms with Gasteiger partial charge in [0.15, 0.2) is 5.82 Å². The molecule has 3 aliphatic rings. The maximum Gasteiger partial charge on any atom is 0.320 e. The van der Waals surface area contributed by atoms with Gasteiger partial charge in [0.05, 0.1) is 17.7 Å². The van der Waals surface area contributed by atoms with Crippen molar-refractivity contribution < 1.29 is 14.7 Å². The number of carbonyl (C=O) groups is 2. The third-order valence-corrected chi connectivity index (χ3v) is 8.92. The highest BCUT2D eigenvalue weighted by Gasteiger charge is 2.56. The summed E-state index contributed by atoms with van der Waals surface area (Å²) in [6.45, 7) is 1.28. The third kappa shape index (κ3) is 4.94. The van der Waals surface area contributed by atoms with E-state index in [1.807, 2.05) is 15.9 Å². The highest BCUT2D eigenvalue weighted by Crippen LogP contribution is 2.50. The van der Waals surface area contributed by atoms with E-state index < -0.39 is 5.60 Å². The smallest absolute Gasteiger partial charge is 0.320 e. The van der Waals surface area contributed by atoms with Crippen LogP contribution in [0, 0.1) is 0 Å². The minimum absolute atomic E-state index is 0.0651. The molecule has 2 aromatic rings. The van der Waals surface area contributed by atoms with Crippen molar-refractivity contribution in [1.29, 1.82) is 0 Å². The van der Waals surface area contributed by atoms with Crippen molar-refractivity contribution in [2.45, 2.75) is 68.0 Å². The minimum atomic E-state index is -0.794. The third-order valence-electron chi connectivity index (χ3n) is 8.92. The van der Waals surface area contributed by atoms with Gasteiger partial charge in [0.1, 0.15) is 0 Å². The van der Waals surface area contributed by atoms with Crippen molar-refractivity contribution in [2.24, 2.45) is 0 Å². The standard InChI is InChI=1S/C28H38N6O3/c1-32(2)28(22-8-4-3-5-9-22)16-14-26(15-17-28)20-33(25(36)34(26)21-27(37)12-7-13-27)19-11-24(35)30-23-10-6-18-29-31-23/h3-6,8-10,18,37H,7,11-17,19-21H2,1-2H3,(H,30,31,35). The number of nitrogens with one attached hydrogen (secondary N) is 1. The number of carbonyl (C=O) groups excluding carboxylic acids is 2. The van der Waals surface area contributed by atoms with Gasteiger partial charge in [-0.15, -0.1) is 5.10 Å². The van der Waals surface area contributed by atoms with Crippen LogP contribution in [0.15, 0.2) is 48.7 Å². The predicted molar refractivity (Wildman–Crippen MR) is 141 cm³/mol. The summed E-state index contributed by atoms with van der Waals surface area (Å²) in [7, 11) is 4.28. The molecule has 1 spiro atoms. The normalized spacial score (nSPS) is 27.0. The van der Waals surface area contributed by atoms with Gasteiger partial charge < -0.3 is 20.2 Å². The molecular weight excluding hydrogens is 468 g/mol. The van der Waals surface area contributed by atoms with Crippen LogP contribution in [-0.4, -0.2) is 86.8 Å². The second-order valence-electron chi connectivity index (χ2n) is 11.3. The van der Waals surface area contributed by atoms with E-state index in [9.17, 15) is 14.7 Å². The average molecular weight is 507 g/mol. The van der Waals surface area contributed by atoms with E-state index in [-0.39, 0.29) is 29.4 Å². The zero-order chi connectivity index (χ0) is 26.1. The predicted octanol–water partition coefficient (Wildman–Crippen LogP) is 3.23. The maximum absolute atomic E-state index is 13.7. The van der Waals surface area contributed by atoms with Crippen LogP contribution in [-0.2, 0) is 10.3 Å². The highest BCUT2D eigenvalue weighted by molar-refractivity contribution is 5.90. The first-order valence-electron chi connectivity index (χ1n) is 13.3. The SMILES string of the molecule is CN(C)C1(c2ccccc2)CCC2(CC1)CN(CCC(=O)Nc1cccnn1)C(=O)N2CC1(O)CCC1. The van der Waals surface area contributed by atoms with Gasteiger partial charge in [-0.1, -0.05) is 30.3 Å². The molecule has 2 aliphatic carbocycles. The number of benzene rings is 1. The molecule has 0 radical (unpaired) electrons. The van der Waals surface area contributed by atoms with E-state index in [0.717, 1.165) is 44.9 Å². The van der Waals surface area contributed by atoms with Crippen molar-refractivity contribution in [1.82, 2.24) is 24.9 Å². The van der Waals surface area contributed by atoms with E-state index in [2.05, 4.69) is 58.8 Å². The quantitative estimate of drug-likeness (QED) is 0.570. The molecule has 5 rings (SSSR count). The van der Waals surface area contributed by atoms with Crippen LogP contribution in [0.5, 0.6) is 0 Å². The van der Waals surface area contributed by atoms with Gasteiger partial charge in [0.25, 0.3) is 0 Å². The molecule has 198 valence electrons. The Bertz CT molecular complexity index is 1100. The molecule has 2 N–H and O–H groups in total. The van der Waals surface area contributed by atoms with Crippen LogP contribution in [0.25, 0.3) is 0 Å². The number of hydrogen-bond acceptors (Lipinski definition) is 6. The first-order valence-corrected chi connectivity index (χ1v) is 13.3. The van der Waals surface area contributed by atoms with E-state index >= 15 is 0 Å². The number of nitrogens with zero attached hydrogens (tertiary/aromatic N) is 5. The number of β-amino-alcohol motifs (C(OH)–C–C–N with tert-alkyl or cyclic N) is 1. The van der Waals surface area contributed by atoms with Crippen molar-refractivity contribution in [2.75, 3.05) is 39.0 Å². The van der Waals surface area contributed by atoms with E-state index in [4.69, 9.17) is 0 Å². The molecule has 9 nitrogen and oxygen atoms in total. The molecule has 3 amide bonds. The number of hydrogen-bond donors (Lipinski definition) is 2. The second kappa shape index (κ2) is 10.0. The number of anilines is 1. The zero-order valence-corrected chi connectivity index (χ0v) is 21.9. The minimum Gasteiger partial charge on any atom is -0.388 e. The largest absolute Gasteiger partial charge is 0.388 e. The summed E-state index contributed by atoms with van der Waals surface area (Å²) in [6.07, 6.45) is 7.75. The van der Waals surface area contributed by atoms with Crippen LogP contribution in [0.1, 0.15) is 56.9 Å². The van der Waals surface area contributed by atoms with Crippen LogP contribution in [0.4, 0.5) is 10.6 Å². The fraction of sp³-hybridized carbons (Fsp3) is 0.571. The Morgan fingerprint density at radius 1 is 1.05 bits per heavy atom.